The van der Waals surface area contributed by atoms with E-state index in [1.165, 1.54) is 17.7 Å². The molecule has 0 radical (unpaired) electrons. The molecule has 2 amide bonds. The van der Waals surface area contributed by atoms with Crippen molar-refractivity contribution in [1.82, 2.24) is 10.2 Å². The summed E-state index contributed by atoms with van der Waals surface area (Å²) in [5.74, 6) is 1.47. The van der Waals surface area contributed by atoms with Crippen LogP contribution in [-0.2, 0) is 26.2 Å². The number of benzene rings is 1. The minimum Gasteiger partial charge on any atom is -1.00 e. The van der Waals surface area contributed by atoms with Crippen molar-refractivity contribution in [3.63, 3.8) is 0 Å². The van der Waals surface area contributed by atoms with Gasteiger partial charge in [-0.25, -0.2) is 9.59 Å². The number of hydrogen-bond donors (Lipinski definition) is 2. The van der Waals surface area contributed by atoms with Gasteiger partial charge in [0, 0.05) is 63.2 Å². The fraction of sp³-hybridized carbons (Fsp3) is 0.737. The summed E-state index contributed by atoms with van der Waals surface area (Å²) in [6, 6.07) is 3.77. The summed E-state index contributed by atoms with van der Waals surface area (Å²) < 4.78 is 18.4. The molecule has 3 aliphatic carbocycles. The number of Topliss-reactive ketones (excluding diaryl/α,β-unsaturated/α-hetero) is 2. The highest BCUT2D eigenvalue weighted by Gasteiger charge is 2.76. The molecule has 278 valence electrons. The van der Waals surface area contributed by atoms with E-state index >= 15 is 0 Å². The summed E-state index contributed by atoms with van der Waals surface area (Å²) >= 11 is 0. The fourth-order valence-corrected chi connectivity index (χ4v) is 9.25. The van der Waals surface area contributed by atoms with E-state index in [2.05, 4.69) is 12.4 Å². The van der Waals surface area contributed by atoms with Crippen LogP contribution < -0.4 is 27.2 Å². The third-order valence-electron chi connectivity index (χ3n) is 12.0. The van der Waals surface area contributed by atoms with Gasteiger partial charge in [-0.3, -0.25) is 9.59 Å². The first-order valence-corrected chi connectivity index (χ1v) is 18.4. The summed E-state index contributed by atoms with van der Waals surface area (Å²) in [5.41, 5.74) is -0.465. The molecular weight excluding hydrogens is 662 g/mol. The zero-order valence-electron chi connectivity index (χ0n) is 30.6. The van der Waals surface area contributed by atoms with Crippen molar-refractivity contribution in [1.29, 1.82) is 0 Å². The Labute approximate surface area is 302 Å². The zero-order chi connectivity index (χ0) is 35.4. The normalized spacial score (nSPS) is 29.5. The van der Waals surface area contributed by atoms with Gasteiger partial charge in [-0.2, -0.15) is 0 Å². The second-order valence-corrected chi connectivity index (χ2v) is 16.8. The van der Waals surface area contributed by atoms with Gasteiger partial charge in [0.1, 0.15) is 23.0 Å². The van der Waals surface area contributed by atoms with E-state index in [4.69, 9.17) is 14.2 Å². The summed E-state index contributed by atoms with van der Waals surface area (Å²) in [4.78, 5) is 52.7. The molecule has 1 saturated heterocycles. The van der Waals surface area contributed by atoms with Crippen LogP contribution in [0.1, 0.15) is 103 Å². The number of likely N-dealkylation sites (tertiary alicyclic amines) is 1. The smallest absolute Gasteiger partial charge is 0.415 e. The van der Waals surface area contributed by atoms with Crippen LogP contribution in [0.15, 0.2) is 12.1 Å². The fourth-order valence-electron chi connectivity index (χ4n) is 9.25. The van der Waals surface area contributed by atoms with Crippen molar-refractivity contribution < 1.29 is 55.4 Å². The lowest BCUT2D eigenvalue weighted by Crippen LogP contribution is -3.00. The lowest BCUT2D eigenvalue weighted by atomic mass is 9.48. The Morgan fingerprint density at radius 2 is 1.90 bits per heavy atom. The quantitative estimate of drug-likeness (QED) is 0.235. The number of carbonyl (C=O) groups excluding carboxylic acids is 4. The minimum atomic E-state index is -1.06. The van der Waals surface area contributed by atoms with Crippen LogP contribution in [0.25, 0.3) is 0 Å². The van der Waals surface area contributed by atoms with Crippen LogP contribution in [0.2, 0.25) is 0 Å². The van der Waals surface area contributed by atoms with Crippen molar-refractivity contribution in [2.45, 2.75) is 127 Å². The van der Waals surface area contributed by atoms with Gasteiger partial charge in [-0.1, -0.05) is 19.4 Å². The predicted molar refractivity (Wildman–Crippen MR) is 183 cm³/mol. The number of hydrogen-bond acceptors (Lipinski definition) is 8. The molecule has 6 atom stereocenters. The average Bonchev–Trinajstić information content (AvgIpc) is 3.76. The molecule has 2 aliphatic heterocycles. The molecule has 50 heavy (non-hydrogen) atoms. The van der Waals surface area contributed by atoms with Gasteiger partial charge >= 0.3 is 12.2 Å². The third kappa shape index (κ3) is 7.11. The maximum atomic E-state index is 13.4. The van der Waals surface area contributed by atoms with Gasteiger partial charge in [-0.05, 0) is 70.9 Å². The molecule has 2 saturated carbocycles. The minimum absolute atomic E-state index is 0. The van der Waals surface area contributed by atoms with Crippen molar-refractivity contribution >= 4 is 23.8 Å². The standard InChI is InChI=1S/C38H55N3O8.ClH/c1-24(10-7-8-19-39-34(44)49-36(2,3)4)27(42)11-9-20-40(5)35(45)47-29-15-14-26-22-30-38(46)17-16-28(43)33-37(38,31(26)32(29)48-33)18-21-41(30,6)23-25-12-13-25;/h14-15,24-25,30,33,46H,7-13,16-23H2,1-6H3;1H/t24?,30-,33+,37+,38-,41-;/m1./s1. The largest absolute Gasteiger partial charge is 1.00 e. The molecule has 11 nitrogen and oxygen atoms in total. The number of unbranched alkanes of at least 4 members (excludes halogenated alkanes) is 1. The molecule has 2 bridgehead atoms. The van der Waals surface area contributed by atoms with Gasteiger partial charge in [0.2, 0.25) is 0 Å². The summed E-state index contributed by atoms with van der Waals surface area (Å²) in [6.07, 6.45) is 5.99. The van der Waals surface area contributed by atoms with E-state index in [-0.39, 0.29) is 48.1 Å². The maximum absolute atomic E-state index is 13.4. The Kier molecular flexibility index (Phi) is 10.9. The highest BCUT2D eigenvalue weighted by atomic mass is 35.5. The molecule has 2 heterocycles. The van der Waals surface area contributed by atoms with Crippen LogP contribution in [0.3, 0.4) is 0 Å². The first kappa shape index (κ1) is 38.3. The Morgan fingerprint density at radius 1 is 1.16 bits per heavy atom. The topological polar surface area (TPSA) is 131 Å². The molecule has 1 aromatic rings. The molecule has 1 aromatic carbocycles. The number of quaternary nitrogens is 1. The lowest BCUT2D eigenvalue weighted by molar-refractivity contribution is -0.950. The number of ketones is 2. The monoisotopic (exact) mass is 717 g/mol. The first-order valence-electron chi connectivity index (χ1n) is 18.4. The maximum Gasteiger partial charge on any atom is 0.415 e. The van der Waals surface area contributed by atoms with Crippen LogP contribution in [0.5, 0.6) is 11.5 Å². The Balaban J connectivity index is 0.00000486. The molecule has 2 N–H and O–H groups in total. The summed E-state index contributed by atoms with van der Waals surface area (Å²) in [5, 5.41) is 15.4. The molecule has 0 aromatic heterocycles. The molecule has 6 rings (SSSR count). The molecule has 5 aliphatic rings. The molecule has 1 unspecified atom stereocenters. The van der Waals surface area contributed by atoms with E-state index in [9.17, 15) is 24.3 Å². The number of ether oxygens (including phenoxy) is 3. The second kappa shape index (κ2) is 14.3. The van der Waals surface area contributed by atoms with E-state index < -0.39 is 34.9 Å². The third-order valence-corrected chi connectivity index (χ3v) is 12.0. The van der Waals surface area contributed by atoms with E-state index in [0.29, 0.717) is 56.9 Å². The Morgan fingerprint density at radius 3 is 2.60 bits per heavy atom. The van der Waals surface area contributed by atoms with Crippen molar-refractivity contribution in [2.24, 2.45) is 11.8 Å². The number of aliphatic hydroxyl groups is 1. The Bertz CT molecular complexity index is 1490. The van der Waals surface area contributed by atoms with E-state index in [1.54, 1.807) is 13.1 Å². The van der Waals surface area contributed by atoms with Gasteiger partial charge in [0.05, 0.1) is 25.6 Å². The SMILES string of the molecule is CC(CCCCNC(=O)OC(C)(C)C)C(=O)CCCN(C)C(=O)Oc1ccc2c3c1O[C@H]1C(=O)CC[C@@]4(O)[C@@H](C2)[N@@+](C)(CC2CC2)CC[C@]314.[Cl-]. The number of amides is 2. The number of halogens is 1. The van der Waals surface area contributed by atoms with Crippen molar-refractivity contribution in [3.05, 3.63) is 23.3 Å². The predicted octanol–water partition coefficient (Wildman–Crippen LogP) is 2.08. The molecule has 1 spiro atoms. The molecule has 12 heteroatoms. The number of nitrogens with one attached hydrogen (secondary N) is 1. The van der Waals surface area contributed by atoms with Gasteiger partial charge in [0.25, 0.3) is 0 Å². The van der Waals surface area contributed by atoms with Crippen LogP contribution in [0.4, 0.5) is 9.59 Å². The number of alkyl carbamates (subject to hydrolysis) is 1. The number of carbonyl (C=O) groups is 4. The van der Waals surface area contributed by atoms with Gasteiger partial charge < -0.3 is 46.4 Å². The van der Waals surface area contributed by atoms with Crippen LogP contribution in [-0.4, -0.2) is 102 Å². The summed E-state index contributed by atoms with van der Waals surface area (Å²) in [7, 11) is 3.94. The highest BCUT2D eigenvalue weighted by molar-refractivity contribution is 5.90. The van der Waals surface area contributed by atoms with Crippen molar-refractivity contribution in [3.8, 4) is 11.5 Å². The lowest BCUT2D eigenvalue weighted by Gasteiger charge is -2.64. The van der Waals surface area contributed by atoms with Crippen LogP contribution in [0, 0.1) is 11.8 Å². The summed E-state index contributed by atoms with van der Waals surface area (Å²) in [6.45, 7) is 10.2. The second-order valence-electron chi connectivity index (χ2n) is 16.8. The van der Waals surface area contributed by atoms with Gasteiger partial charge in [0.15, 0.2) is 23.4 Å². The molecule has 3 fully saturated rings. The Hall–Kier alpha value is -2.89. The van der Waals surface area contributed by atoms with E-state index in [0.717, 1.165) is 48.0 Å². The van der Waals surface area contributed by atoms with Crippen molar-refractivity contribution in [2.75, 3.05) is 40.3 Å². The number of likely N-dealkylation sites (N-methyl/N-ethyl adjacent to an activating group) is 1. The number of rotatable bonds is 13. The molecular formula is C38H56ClN3O8. The number of piperidine rings is 1. The van der Waals surface area contributed by atoms with Crippen LogP contribution >= 0.6 is 0 Å². The number of nitrogens with zero attached hydrogens (tertiary/aromatic N) is 2. The van der Waals surface area contributed by atoms with E-state index in [1.807, 2.05) is 33.8 Å². The average molecular weight is 718 g/mol. The van der Waals surface area contributed by atoms with Gasteiger partial charge in [-0.15, -0.1) is 0 Å². The highest BCUT2D eigenvalue weighted by Crippen LogP contribution is 2.66. The zero-order valence-corrected chi connectivity index (χ0v) is 31.4. The first-order chi connectivity index (χ1) is 23.1.